The molecule has 1 saturated carbocycles. The summed E-state index contributed by atoms with van der Waals surface area (Å²) in [6.07, 6.45) is 2.33. The van der Waals surface area contributed by atoms with E-state index in [2.05, 4.69) is 5.32 Å². The molecule has 2 atom stereocenters. The Bertz CT molecular complexity index is 405. The van der Waals surface area contributed by atoms with Gasteiger partial charge in [0.05, 0.1) is 0 Å². The summed E-state index contributed by atoms with van der Waals surface area (Å²) < 4.78 is 0. The monoisotopic (exact) mass is 204 g/mol. The molecule has 1 heterocycles. The average molecular weight is 204 g/mol. The number of fused-ring (bicyclic) bond motifs is 2. The Morgan fingerprint density at radius 3 is 3.13 bits per heavy atom. The largest absolute Gasteiger partial charge is 0.508 e. The van der Waals surface area contributed by atoms with Crippen LogP contribution in [0.2, 0.25) is 0 Å². The number of hydrogen-bond acceptors (Lipinski definition) is 3. The molecule has 4 N–H and O–H groups in total. The molecule has 1 aliphatic carbocycles. The van der Waals surface area contributed by atoms with Crippen molar-refractivity contribution in [3.8, 4) is 5.75 Å². The van der Waals surface area contributed by atoms with Crippen LogP contribution in [-0.4, -0.2) is 18.2 Å². The van der Waals surface area contributed by atoms with Crippen LogP contribution in [-0.2, 0) is 5.41 Å². The molecule has 0 aromatic heterocycles. The summed E-state index contributed by atoms with van der Waals surface area (Å²) in [4.78, 5) is 0. The highest BCUT2D eigenvalue weighted by Gasteiger charge is 2.55. The predicted octanol–water partition coefficient (Wildman–Crippen LogP) is 1.42. The van der Waals surface area contributed by atoms with Gasteiger partial charge in [-0.25, -0.2) is 0 Å². The zero-order valence-corrected chi connectivity index (χ0v) is 8.66. The van der Waals surface area contributed by atoms with Crippen molar-refractivity contribution in [1.82, 2.24) is 0 Å². The van der Waals surface area contributed by atoms with Crippen molar-refractivity contribution >= 4 is 5.69 Å². The molecule has 1 fully saturated rings. The van der Waals surface area contributed by atoms with Crippen LogP contribution in [0.4, 0.5) is 5.69 Å². The van der Waals surface area contributed by atoms with Crippen LogP contribution in [0.15, 0.2) is 18.2 Å². The number of hydrogen-bond donors (Lipinski definition) is 3. The summed E-state index contributed by atoms with van der Waals surface area (Å²) in [6, 6.07) is 5.61. The topological polar surface area (TPSA) is 58.3 Å². The molecule has 0 amide bonds. The first kappa shape index (κ1) is 9.04. The van der Waals surface area contributed by atoms with E-state index in [1.165, 1.54) is 17.7 Å². The fourth-order valence-corrected chi connectivity index (χ4v) is 2.98. The molecule has 3 nitrogen and oxygen atoms in total. The van der Waals surface area contributed by atoms with E-state index in [0.717, 1.165) is 19.5 Å². The number of phenols is 1. The van der Waals surface area contributed by atoms with E-state index in [0.29, 0.717) is 11.7 Å². The number of nitrogens with one attached hydrogen (secondary N) is 1. The summed E-state index contributed by atoms with van der Waals surface area (Å²) in [5.74, 6) is 0.972. The van der Waals surface area contributed by atoms with Gasteiger partial charge in [0.25, 0.3) is 0 Å². The quantitative estimate of drug-likeness (QED) is 0.606. The molecule has 80 valence electrons. The lowest BCUT2D eigenvalue weighted by Crippen LogP contribution is -2.25. The molecule has 2 unspecified atom stereocenters. The van der Waals surface area contributed by atoms with E-state index >= 15 is 0 Å². The Morgan fingerprint density at radius 2 is 2.40 bits per heavy atom. The molecule has 0 saturated heterocycles. The molecule has 1 aromatic rings. The predicted molar refractivity (Wildman–Crippen MR) is 60.1 cm³/mol. The van der Waals surface area contributed by atoms with Gasteiger partial charge < -0.3 is 16.2 Å². The number of phenolic OH excluding ortho intramolecular Hbond substituents is 1. The van der Waals surface area contributed by atoms with Crippen molar-refractivity contribution in [2.24, 2.45) is 11.7 Å². The maximum absolute atomic E-state index is 9.55. The second kappa shape index (κ2) is 2.89. The number of rotatable bonds is 1. The first-order valence-corrected chi connectivity index (χ1v) is 5.54. The summed E-state index contributed by atoms with van der Waals surface area (Å²) in [7, 11) is 0. The molecule has 0 bridgehead atoms. The van der Waals surface area contributed by atoms with Crippen molar-refractivity contribution in [3.63, 3.8) is 0 Å². The molecule has 1 spiro atoms. The molecular weight excluding hydrogens is 188 g/mol. The Hall–Kier alpha value is -1.22. The van der Waals surface area contributed by atoms with E-state index < -0.39 is 0 Å². The minimum atomic E-state index is 0.272. The standard InChI is InChI=1S/C12H16N2O/c13-7-8-6-12(8)3-4-14-11-2-1-9(15)5-10(11)12/h1-2,5,8,14-15H,3-4,6-7,13H2. The highest BCUT2D eigenvalue weighted by molar-refractivity contribution is 5.61. The van der Waals surface area contributed by atoms with Crippen LogP contribution in [0, 0.1) is 5.92 Å². The van der Waals surface area contributed by atoms with Gasteiger partial charge in [0.15, 0.2) is 0 Å². The Balaban J connectivity index is 2.07. The third-order valence-corrected chi connectivity index (χ3v) is 3.94. The first-order chi connectivity index (χ1) is 7.26. The maximum Gasteiger partial charge on any atom is 0.116 e. The highest BCUT2D eigenvalue weighted by Crippen LogP contribution is 2.59. The fourth-order valence-electron chi connectivity index (χ4n) is 2.98. The Labute approximate surface area is 89.3 Å². The van der Waals surface area contributed by atoms with Gasteiger partial charge in [-0.1, -0.05) is 0 Å². The van der Waals surface area contributed by atoms with Gasteiger partial charge >= 0.3 is 0 Å². The number of anilines is 1. The number of nitrogens with two attached hydrogens (primary N) is 1. The second-order valence-electron chi connectivity index (χ2n) is 4.70. The normalized spacial score (nSPS) is 32.2. The zero-order chi connectivity index (χ0) is 10.5. The molecule has 15 heavy (non-hydrogen) atoms. The van der Waals surface area contributed by atoms with Gasteiger partial charge in [-0.2, -0.15) is 0 Å². The molecule has 2 aliphatic rings. The van der Waals surface area contributed by atoms with Crippen LogP contribution in [0.25, 0.3) is 0 Å². The van der Waals surface area contributed by atoms with Gasteiger partial charge in [0.2, 0.25) is 0 Å². The lowest BCUT2D eigenvalue weighted by molar-refractivity contribution is 0.470. The van der Waals surface area contributed by atoms with Crippen LogP contribution in [0.1, 0.15) is 18.4 Å². The van der Waals surface area contributed by atoms with Crippen molar-refractivity contribution in [1.29, 1.82) is 0 Å². The van der Waals surface area contributed by atoms with Crippen molar-refractivity contribution < 1.29 is 5.11 Å². The van der Waals surface area contributed by atoms with Gasteiger partial charge in [-0.15, -0.1) is 0 Å². The van der Waals surface area contributed by atoms with Crippen molar-refractivity contribution in [2.45, 2.75) is 18.3 Å². The summed E-state index contributed by atoms with van der Waals surface area (Å²) in [5.41, 5.74) is 8.47. The van der Waals surface area contributed by atoms with E-state index in [1.54, 1.807) is 6.07 Å². The van der Waals surface area contributed by atoms with Crippen LogP contribution >= 0.6 is 0 Å². The molecule has 3 rings (SSSR count). The fraction of sp³-hybridized carbons (Fsp3) is 0.500. The van der Waals surface area contributed by atoms with Gasteiger partial charge in [-0.3, -0.25) is 0 Å². The SMILES string of the molecule is NCC1CC12CCNc1ccc(O)cc12. The van der Waals surface area contributed by atoms with E-state index in [1.807, 2.05) is 12.1 Å². The van der Waals surface area contributed by atoms with Gasteiger partial charge in [-0.05, 0) is 49.1 Å². The van der Waals surface area contributed by atoms with Gasteiger partial charge in [0.1, 0.15) is 5.75 Å². The third kappa shape index (κ3) is 1.16. The summed E-state index contributed by atoms with van der Waals surface area (Å²) in [5, 5.41) is 12.9. The van der Waals surface area contributed by atoms with Crippen LogP contribution in [0.5, 0.6) is 5.75 Å². The van der Waals surface area contributed by atoms with Crippen molar-refractivity contribution in [3.05, 3.63) is 23.8 Å². The molecular formula is C12H16N2O. The Morgan fingerprint density at radius 1 is 1.53 bits per heavy atom. The second-order valence-corrected chi connectivity index (χ2v) is 4.70. The minimum absolute atomic E-state index is 0.272. The minimum Gasteiger partial charge on any atom is -0.508 e. The third-order valence-electron chi connectivity index (χ3n) is 3.94. The summed E-state index contributed by atoms with van der Waals surface area (Å²) >= 11 is 0. The van der Waals surface area contributed by atoms with Gasteiger partial charge in [0, 0.05) is 17.6 Å². The summed E-state index contributed by atoms with van der Waals surface area (Å²) in [6.45, 7) is 1.78. The van der Waals surface area contributed by atoms with E-state index in [9.17, 15) is 5.11 Å². The molecule has 0 radical (unpaired) electrons. The maximum atomic E-state index is 9.55. The number of benzene rings is 1. The average Bonchev–Trinajstić information content (AvgIpc) is 2.94. The Kier molecular flexibility index (Phi) is 1.74. The van der Waals surface area contributed by atoms with E-state index in [4.69, 9.17) is 5.73 Å². The zero-order valence-electron chi connectivity index (χ0n) is 8.66. The number of aromatic hydroxyl groups is 1. The van der Waals surface area contributed by atoms with Crippen molar-refractivity contribution in [2.75, 3.05) is 18.4 Å². The molecule has 1 aromatic carbocycles. The van der Waals surface area contributed by atoms with E-state index in [-0.39, 0.29) is 5.41 Å². The van der Waals surface area contributed by atoms with Crippen LogP contribution in [0.3, 0.4) is 0 Å². The first-order valence-electron chi connectivity index (χ1n) is 5.54. The highest BCUT2D eigenvalue weighted by atomic mass is 16.3. The molecule has 3 heteroatoms. The molecule has 1 aliphatic heterocycles. The smallest absolute Gasteiger partial charge is 0.116 e. The lowest BCUT2D eigenvalue weighted by atomic mass is 9.85. The lowest BCUT2D eigenvalue weighted by Gasteiger charge is -2.28. The van der Waals surface area contributed by atoms with Crippen LogP contribution < -0.4 is 11.1 Å².